The maximum absolute atomic E-state index is 11.9. The van der Waals surface area contributed by atoms with Gasteiger partial charge in [-0.1, -0.05) is 13.0 Å². The van der Waals surface area contributed by atoms with Crippen molar-refractivity contribution in [2.45, 2.75) is 13.3 Å². The second-order valence-electron chi connectivity index (χ2n) is 4.28. The van der Waals surface area contributed by atoms with E-state index in [2.05, 4.69) is 20.1 Å². The number of aromatic nitrogens is 3. The van der Waals surface area contributed by atoms with Crippen LogP contribution in [-0.2, 0) is 16.0 Å². The Balaban J connectivity index is 1.94. The molecule has 0 unspecified atom stereocenters. The van der Waals surface area contributed by atoms with Gasteiger partial charge in [-0.25, -0.2) is 14.5 Å². The summed E-state index contributed by atoms with van der Waals surface area (Å²) in [6.45, 7) is 2.26. The minimum absolute atomic E-state index is 0.232. The van der Waals surface area contributed by atoms with Crippen molar-refractivity contribution in [2.24, 2.45) is 0 Å². The molecule has 7 nitrogen and oxygen atoms in total. The molecular weight excluding hydrogens is 304 g/mol. The van der Waals surface area contributed by atoms with Gasteiger partial charge in [0.15, 0.2) is 0 Å². The summed E-state index contributed by atoms with van der Waals surface area (Å²) >= 11 is 1.47. The number of hydrogen-bond donors (Lipinski definition) is 1. The molecular formula is C14H16N4O3S. The topological polar surface area (TPSA) is 86.1 Å². The van der Waals surface area contributed by atoms with E-state index in [1.54, 1.807) is 10.9 Å². The average molecular weight is 320 g/mol. The number of methoxy groups -OCH3 is 1. The Morgan fingerprint density at radius 1 is 1.50 bits per heavy atom. The van der Waals surface area contributed by atoms with E-state index in [4.69, 9.17) is 0 Å². The van der Waals surface area contributed by atoms with Crippen LogP contribution < -0.4 is 5.32 Å². The van der Waals surface area contributed by atoms with E-state index < -0.39 is 5.97 Å². The van der Waals surface area contributed by atoms with Crippen molar-refractivity contribution in [3.05, 3.63) is 41.2 Å². The van der Waals surface area contributed by atoms with E-state index in [1.807, 2.05) is 12.3 Å². The molecule has 0 saturated carbocycles. The van der Waals surface area contributed by atoms with E-state index in [0.717, 1.165) is 17.2 Å². The first kappa shape index (κ1) is 15.9. The van der Waals surface area contributed by atoms with Crippen LogP contribution in [0.1, 0.15) is 23.0 Å². The fraction of sp³-hybridized carbons (Fsp3) is 0.286. The van der Waals surface area contributed by atoms with Crippen LogP contribution in [0.2, 0.25) is 0 Å². The van der Waals surface area contributed by atoms with Gasteiger partial charge in [-0.3, -0.25) is 4.79 Å². The minimum Gasteiger partial charge on any atom is -0.466 e. The number of nitrogens with zero attached hydrogens (tertiary/aromatic N) is 3. The molecule has 0 bridgehead atoms. The van der Waals surface area contributed by atoms with Crippen molar-refractivity contribution >= 4 is 23.2 Å². The summed E-state index contributed by atoms with van der Waals surface area (Å²) in [7, 11) is 1.29. The van der Waals surface area contributed by atoms with Crippen molar-refractivity contribution < 1.29 is 14.3 Å². The van der Waals surface area contributed by atoms with E-state index in [-0.39, 0.29) is 12.5 Å². The van der Waals surface area contributed by atoms with Gasteiger partial charge in [-0.2, -0.15) is 5.10 Å². The molecule has 1 N–H and O–H groups in total. The highest BCUT2D eigenvalue weighted by Crippen LogP contribution is 2.15. The molecule has 2 rings (SSSR count). The lowest BCUT2D eigenvalue weighted by Crippen LogP contribution is -2.23. The molecule has 2 aromatic rings. The Hall–Kier alpha value is -2.48. The molecule has 116 valence electrons. The number of esters is 1. The quantitative estimate of drug-likeness (QED) is 0.641. The number of amides is 1. The maximum Gasteiger partial charge on any atom is 0.330 e. The van der Waals surface area contributed by atoms with Crippen LogP contribution in [0.4, 0.5) is 0 Å². The number of aryl methyl sites for hydroxylation is 1. The van der Waals surface area contributed by atoms with Crippen LogP contribution in [0.15, 0.2) is 29.9 Å². The first-order valence-corrected chi connectivity index (χ1v) is 7.54. The zero-order chi connectivity index (χ0) is 15.9. The SMILES string of the molecule is CCc1csc(-n2cc(C(=O)NC/C=C/C(=O)OC)cn2)n1. The molecule has 8 heteroatoms. The highest BCUT2D eigenvalue weighted by atomic mass is 32.1. The summed E-state index contributed by atoms with van der Waals surface area (Å²) < 4.78 is 6.02. The summed E-state index contributed by atoms with van der Waals surface area (Å²) in [5, 5.41) is 9.48. The van der Waals surface area contributed by atoms with Gasteiger partial charge in [0.1, 0.15) is 0 Å². The standard InChI is InChI=1S/C14H16N4O3S/c1-3-11-9-22-14(17-11)18-8-10(7-16-18)13(20)15-6-4-5-12(19)21-2/h4-5,7-9H,3,6H2,1-2H3,(H,15,20)/b5-4+. The predicted molar refractivity (Wildman–Crippen MR) is 82.1 cm³/mol. The average Bonchev–Trinajstić information content (AvgIpc) is 3.19. The smallest absolute Gasteiger partial charge is 0.330 e. The Morgan fingerprint density at radius 3 is 3.00 bits per heavy atom. The van der Waals surface area contributed by atoms with Gasteiger partial charge in [0.2, 0.25) is 5.13 Å². The van der Waals surface area contributed by atoms with E-state index in [9.17, 15) is 9.59 Å². The Labute approximate surface area is 131 Å². The predicted octanol–water partition coefficient (Wildman–Crippen LogP) is 1.35. The molecule has 2 heterocycles. The first-order chi connectivity index (χ1) is 10.6. The van der Waals surface area contributed by atoms with E-state index in [1.165, 1.54) is 36.8 Å². The second kappa shape index (κ2) is 7.51. The number of rotatable bonds is 6. The molecule has 0 aliphatic carbocycles. The van der Waals surface area contributed by atoms with Crippen LogP contribution in [0.3, 0.4) is 0 Å². The fourth-order valence-electron chi connectivity index (χ4n) is 1.59. The summed E-state index contributed by atoms with van der Waals surface area (Å²) in [6, 6.07) is 0. The van der Waals surface area contributed by atoms with E-state index >= 15 is 0 Å². The molecule has 0 atom stereocenters. The van der Waals surface area contributed by atoms with Gasteiger partial charge in [-0.05, 0) is 6.42 Å². The maximum atomic E-state index is 11.9. The number of carbonyl (C=O) groups excluding carboxylic acids is 2. The van der Waals surface area contributed by atoms with Crippen molar-refractivity contribution in [3.8, 4) is 5.13 Å². The number of carbonyl (C=O) groups is 2. The van der Waals surface area contributed by atoms with E-state index in [0.29, 0.717) is 5.56 Å². The van der Waals surface area contributed by atoms with Crippen LogP contribution >= 0.6 is 11.3 Å². The minimum atomic E-state index is -0.461. The molecule has 0 spiro atoms. The van der Waals surface area contributed by atoms with Crippen LogP contribution in [0.25, 0.3) is 5.13 Å². The van der Waals surface area contributed by atoms with Crippen LogP contribution in [-0.4, -0.2) is 40.3 Å². The lowest BCUT2D eigenvalue weighted by Gasteiger charge is -1.98. The zero-order valence-electron chi connectivity index (χ0n) is 12.3. The Kier molecular flexibility index (Phi) is 5.42. The molecule has 0 aliphatic rings. The number of ether oxygens (including phenoxy) is 1. The normalized spacial score (nSPS) is 10.8. The third kappa shape index (κ3) is 4.01. The van der Waals surface area contributed by atoms with Gasteiger partial charge in [0.25, 0.3) is 5.91 Å². The highest BCUT2D eigenvalue weighted by molar-refractivity contribution is 7.12. The van der Waals surface area contributed by atoms with Gasteiger partial charge in [0, 0.05) is 24.2 Å². The third-order valence-corrected chi connectivity index (χ3v) is 3.66. The van der Waals surface area contributed by atoms with Crippen LogP contribution in [0, 0.1) is 0 Å². The summed E-state index contributed by atoms with van der Waals surface area (Å²) in [5.74, 6) is -0.731. The summed E-state index contributed by atoms with van der Waals surface area (Å²) in [6.07, 6.45) is 6.73. The first-order valence-electron chi connectivity index (χ1n) is 6.66. The number of hydrogen-bond acceptors (Lipinski definition) is 6. The van der Waals surface area contributed by atoms with Gasteiger partial charge >= 0.3 is 5.97 Å². The number of thiazole rings is 1. The summed E-state index contributed by atoms with van der Waals surface area (Å²) in [4.78, 5) is 27.2. The molecule has 0 saturated heterocycles. The fourth-order valence-corrected chi connectivity index (χ4v) is 2.42. The lowest BCUT2D eigenvalue weighted by atomic mass is 10.3. The van der Waals surface area contributed by atoms with Crippen molar-refractivity contribution in [2.75, 3.05) is 13.7 Å². The van der Waals surface area contributed by atoms with Gasteiger partial charge in [0.05, 0.1) is 24.6 Å². The molecule has 2 aromatic heterocycles. The zero-order valence-corrected chi connectivity index (χ0v) is 13.1. The molecule has 0 radical (unpaired) electrons. The van der Waals surface area contributed by atoms with Crippen LogP contribution in [0.5, 0.6) is 0 Å². The van der Waals surface area contributed by atoms with Gasteiger partial charge in [-0.15, -0.1) is 11.3 Å². The van der Waals surface area contributed by atoms with Crippen molar-refractivity contribution in [1.82, 2.24) is 20.1 Å². The Morgan fingerprint density at radius 2 is 2.32 bits per heavy atom. The van der Waals surface area contributed by atoms with Crippen molar-refractivity contribution in [3.63, 3.8) is 0 Å². The molecule has 0 aliphatic heterocycles. The highest BCUT2D eigenvalue weighted by Gasteiger charge is 2.10. The Bertz CT molecular complexity index is 690. The molecule has 1 amide bonds. The molecule has 22 heavy (non-hydrogen) atoms. The second-order valence-corrected chi connectivity index (χ2v) is 5.12. The third-order valence-electron chi connectivity index (χ3n) is 2.78. The largest absolute Gasteiger partial charge is 0.466 e. The molecule has 0 fully saturated rings. The summed E-state index contributed by atoms with van der Waals surface area (Å²) in [5.41, 5.74) is 1.43. The van der Waals surface area contributed by atoms with Crippen molar-refractivity contribution in [1.29, 1.82) is 0 Å². The number of nitrogens with one attached hydrogen (secondary N) is 1. The van der Waals surface area contributed by atoms with Gasteiger partial charge < -0.3 is 10.1 Å². The lowest BCUT2D eigenvalue weighted by molar-refractivity contribution is -0.134. The molecule has 0 aromatic carbocycles. The monoisotopic (exact) mass is 320 g/mol.